The monoisotopic (exact) mass is 357 g/mol. The molecule has 5 nitrogen and oxygen atoms in total. The smallest absolute Gasteiger partial charge is 0.234 e. The molecule has 1 heterocycles. The zero-order chi connectivity index (χ0) is 18.5. The predicted molar refractivity (Wildman–Crippen MR) is 99.7 cm³/mol. The summed E-state index contributed by atoms with van der Waals surface area (Å²) in [6.07, 6.45) is 0. The van der Waals surface area contributed by atoms with Gasteiger partial charge in [0.05, 0.1) is 6.54 Å². The van der Waals surface area contributed by atoms with Crippen LogP contribution < -0.4 is 10.2 Å². The number of amides is 1. The summed E-state index contributed by atoms with van der Waals surface area (Å²) in [7, 11) is 0. The lowest BCUT2D eigenvalue weighted by molar-refractivity contribution is -0.122. The maximum atomic E-state index is 13.3. The lowest BCUT2D eigenvalue weighted by Gasteiger charge is -2.35. The summed E-state index contributed by atoms with van der Waals surface area (Å²) >= 11 is 0. The SMILES string of the molecule is Cc1cc(CNC(=O)CN2CCN(c3ccc(O)cc3)CC2)ccc1F. The number of rotatable bonds is 5. The van der Waals surface area contributed by atoms with Crippen molar-refractivity contribution in [3.05, 3.63) is 59.4 Å². The minimum Gasteiger partial charge on any atom is -0.508 e. The number of nitrogens with one attached hydrogen (secondary N) is 1. The Balaban J connectivity index is 1.43. The van der Waals surface area contributed by atoms with Gasteiger partial charge in [0.2, 0.25) is 5.91 Å². The topological polar surface area (TPSA) is 55.8 Å². The van der Waals surface area contributed by atoms with E-state index in [1.807, 2.05) is 12.1 Å². The van der Waals surface area contributed by atoms with Gasteiger partial charge in [0.1, 0.15) is 11.6 Å². The van der Waals surface area contributed by atoms with Gasteiger partial charge in [0, 0.05) is 38.4 Å². The third-order valence-electron chi connectivity index (χ3n) is 4.67. The molecule has 2 aromatic rings. The second kappa shape index (κ2) is 8.19. The molecular formula is C20H24FN3O2. The van der Waals surface area contributed by atoms with Crippen LogP contribution >= 0.6 is 0 Å². The largest absolute Gasteiger partial charge is 0.508 e. The molecule has 0 spiro atoms. The number of benzene rings is 2. The first kappa shape index (κ1) is 18.2. The van der Waals surface area contributed by atoms with E-state index in [-0.39, 0.29) is 17.5 Å². The summed E-state index contributed by atoms with van der Waals surface area (Å²) in [6.45, 7) is 5.80. The Hall–Kier alpha value is -2.60. The van der Waals surface area contributed by atoms with Crippen LogP contribution in [0.25, 0.3) is 0 Å². The minimum atomic E-state index is -0.230. The number of anilines is 1. The Morgan fingerprint density at radius 2 is 1.81 bits per heavy atom. The predicted octanol–water partition coefficient (Wildman–Crippen LogP) is 2.28. The van der Waals surface area contributed by atoms with Crippen molar-refractivity contribution in [2.75, 3.05) is 37.6 Å². The fraction of sp³-hybridized carbons (Fsp3) is 0.350. The average Bonchev–Trinajstić information content (AvgIpc) is 2.64. The number of hydrogen-bond acceptors (Lipinski definition) is 4. The molecule has 0 saturated carbocycles. The molecule has 0 atom stereocenters. The van der Waals surface area contributed by atoms with Crippen LogP contribution in [-0.2, 0) is 11.3 Å². The van der Waals surface area contributed by atoms with Crippen LogP contribution in [0.5, 0.6) is 5.75 Å². The Morgan fingerprint density at radius 3 is 2.46 bits per heavy atom. The van der Waals surface area contributed by atoms with Crippen LogP contribution in [0.2, 0.25) is 0 Å². The van der Waals surface area contributed by atoms with E-state index in [1.54, 1.807) is 31.2 Å². The molecular weight excluding hydrogens is 333 g/mol. The molecule has 0 bridgehead atoms. The molecule has 0 unspecified atom stereocenters. The zero-order valence-corrected chi connectivity index (χ0v) is 14.9. The van der Waals surface area contributed by atoms with E-state index >= 15 is 0 Å². The molecule has 0 radical (unpaired) electrons. The number of aromatic hydroxyl groups is 1. The highest BCUT2D eigenvalue weighted by molar-refractivity contribution is 5.78. The third-order valence-corrected chi connectivity index (χ3v) is 4.67. The van der Waals surface area contributed by atoms with Crippen LogP contribution in [0.3, 0.4) is 0 Å². The van der Waals surface area contributed by atoms with Gasteiger partial charge in [-0.3, -0.25) is 9.69 Å². The van der Waals surface area contributed by atoms with E-state index in [9.17, 15) is 14.3 Å². The second-order valence-corrected chi connectivity index (χ2v) is 6.64. The van der Waals surface area contributed by atoms with Crippen LogP contribution in [0, 0.1) is 12.7 Å². The van der Waals surface area contributed by atoms with E-state index < -0.39 is 0 Å². The number of hydrogen-bond donors (Lipinski definition) is 2. The lowest BCUT2D eigenvalue weighted by Crippen LogP contribution is -2.49. The summed E-state index contributed by atoms with van der Waals surface area (Å²) in [5, 5.41) is 12.3. The van der Waals surface area contributed by atoms with Crippen molar-refractivity contribution in [2.24, 2.45) is 0 Å². The van der Waals surface area contributed by atoms with Gasteiger partial charge in [-0.15, -0.1) is 0 Å². The molecule has 3 rings (SSSR count). The Morgan fingerprint density at radius 1 is 1.12 bits per heavy atom. The molecule has 0 aromatic heterocycles. The summed E-state index contributed by atoms with van der Waals surface area (Å²) in [5.74, 6) is 0.0112. The summed E-state index contributed by atoms with van der Waals surface area (Å²) in [6, 6.07) is 12.1. The number of carbonyl (C=O) groups excluding carboxylic acids is 1. The van der Waals surface area contributed by atoms with Crippen LogP contribution in [0.1, 0.15) is 11.1 Å². The maximum Gasteiger partial charge on any atom is 0.234 e. The van der Waals surface area contributed by atoms with Crippen molar-refractivity contribution in [1.29, 1.82) is 0 Å². The summed E-state index contributed by atoms with van der Waals surface area (Å²) in [4.78, 5) is 16.5. The van der Waals surface area contributed by atoms with Crippen molar-refractivity contribution in [1.82, 2.24) is 10.2 Å². The maximum absolute atomic E-state index is 13.3. The fourth-order valence-corrected chi connectivity index (χ4v) is 3.10. The van der Waals surface area contributed by atoms with E-state index in [0.29, 0.717) is 18.7 Å². The Kier molecular flexibility index (Phi) is 5.73. The van der Waals surface area contributed by atoms with Gasteiger partial charge >= 0.3 is 0 Å². The Labute approximate surface area is 153 Å². The van der Waals surface area contributed by atoms with E-state index in [1.165, 1.54) is 6.07 Å². The van der Waals surface area contributed by atoms with Gasteiger partial charge in [0.15, 0.2) is 0 Å². The van der Waals surface area contributed by atoms with Crippen molar-refractivity contribution < 1.29 is 14.3 Å². The first-order valence-corrected chi connectivity index (χ1v) is 8.79. The number of phenols is 1. The lowest BCUT2D eigenvalue weighted by atomic mass is 10.1. The molecule has 1 saturated heterocycles. The van der Waals surface area contributed by atoms with E-state index in [2.05, 4.69) is 15.1 Å². The summed E-state index contributed by atoms with van der Waals surface area (Å²) in [5.41, 5.74) is 2.56. The highest BCUT2D eigenvalue weighted by Crippen LogP contribution is 2.19. The van der Waals surface area contributed by atoms with Crippen molar-refractivity contribution >= 4 is 11.6 Å². The first-order valence-electron chi connectivity index (χ1n) is 8.79. The van der Waals surface area contributed by atoms with Crippen molar-refractivity contribution in [2.45, 2.75) is 13.5 Å². The minimum absolute atomic E-state index is 0.0231. The number of nitrogens with zero attached hydrogens (tertiary/aromatic N) is 2. The standard InChI is InChI=1S/C20H24FN3O2/c1-15-12-16(2-7-19(15)21)13-22-20(26)14-23-8-10-24(11-9-23)17-3-5-18(25)6-4-17/h2-7,12,25H,8-11,13-14H2,1H3,(H,22,26). The molecule has 138 valence electrons. The summed E-state index contributed by atoms with van der Waals surface area (Å²) < 4.78 is 13.3. The number of halogens is 1. The number of carbonyl (C=O) groups is 1. The van der Waals surface area contributed by atoms with E-state index in [0.717, 1.165) is 37.4 Å². The van der Waals surface area contributed by atoms with Gasteiger partial charge in [-0.1, -0.05) is 12.1 Å². The quantitative estimate of drug-likeness (QED) is 0.862. The van der Waals surface area contributed by atoms with E-state index in [4.69, 9.17) is 0 Å². The molecule has 26 heavy (non-hydrogen) atoms. The first-order chi connectivity index (χ1) is 12.5. The van der Waals surface area contributed by atoms with Crippen LogP contribution in [0.4, 0.5) is 10.1 Å². The number of aryl methyl sites for hydroxylation is 1. The zero-order valence-electron chi connectivity index (χ0n) is 14.9. The van der Waals surface area contributed by atoms with Crippen molar-refractivity contribution in [3.63, 3.8) is 0 Å². The average molecular weight is 357 g/mol. The molecule has 1 amide bonds. The fourth-order valence-electron chi connectivity index (χ4n) is 3.10. The molecule has 0 aliphatic carbocycles. The molecule has 2 aromatic carbocycles. The van der Waals surface area contributed by atoms with Gasteiger partial charge in [-0.05, 0) is 48.4 Å². The normalized spacial score (nSPS) is 15.1. The van der Waals surface area contributed by atoms with Gasteiger partial charge < -0.3 is 15.3 Å². The molecule has 6 heteroatoms. The third kappa shape index (κ3) is 4.73. The highest BCUT2D eigenvalue weighted by Gasteiger charge is 2.19. The van der Waals surface area contributed by atoms with Crippen molar-refractivity contribution in [3.8, 4) is 5.75 Å². The Bertz CT molecular complexity index is 756. The molecule has 2 N–H and O–H groups in total. The van der Waals surface area contributed by atoms with Crippen LogP contribution in [0.15, 0.2) is 42.5 Å². The highest BCUT2D eigenvalue weighted by atomic mass is 19.1. The number of piperazine rings is 1. The van der Waals surface area contributed by atoms with Gasteiger partial charge in [0.25, 0.3) is 0 Å². The van der Waals surface area contributed by atoms with Gasteiger partial charge in [-0.2, -0.15) is 0 Å². The molecule has 1 fully saturated rings. The second-order valence-electron chi connectivity index (χ2n) is 6.64. The molecule has 1 aliphatic heterocycles. The van der Waals surface area contributed by atoms with Gasteiger partial charge in [-0.25, -0.2) is 4.39 Å². The van der Waals surface area contributed by atoms with Crippen LogP contribution in [-0.4, -0.2) is 48.6 Å². The number of phenolic OH excluding ortho intramolecular Hbond substituents is 1. The molecule has 1 aliphatic rings.